The van der Waals surface area contributed by atoms with E-state index < -0.39 is 0 Å². The third kappa shape index (κ3) is 4.90. The summed E-state index contributed by atoms with van der Waals surface area (Å²) in [5.41, 5.74) is 5.66. The van der Waals surface area contributed by atoms with Gasteiger partial charge in [-0.1, -0.05) is 53.7 Å². The van der Waals surface area contributed by atoms with Crippen molar-refractivity contribution in [2.75, 3.05) is 11.1 Å². The molecule has 0 unspecified atom stereocenters. The summed E-state index contributed by atoms with van der Waals surface area (Å²) in [5, 5.41) is 13.3. The van der Waals surface area contributed by atoms with Gasteiger partial charge < -0.3 is 9.73 Å². The van der Waals surface area contributed by atoms with Crippen molar-refractivity contribution in [3.8, 4) is 28.7 Å². The molecule has 0 aliphatic heterocycles. The van der Waals surface area contributed by atoms with E-state index in [9.17, 15) is 10.1 Å². The second kappa shape index (κ2) is 9.54. The Bertz CT molecular complexity index is 1290. The number of amides is 1. The van der Waals surface area contributed by atoms with E-state index in [1.54, 1.807) is 12.3 Å². The summed E-state index contributed by atoms with van der Waals surface area (Å²) in [6, 6.07) is 23.4. The fourth-order valence-electron chi connectivity index (χ4n) is 3.29. The van der Waals surface area contributed by atoms with Gasteiger partial charge in [-0.3, -0.25) is 4.79 Å². The second-order valence-corrected chi connectivity index (χ2v) is 8.36. The quantitative estimate of drug-likeness (QED) is 0.360. The summed E-state index contributed by atoms with van der Waals surface area (Å²) in [6.07, 6.45) is 1.57. The van der Waals surface area contributed by atoms with E-state index in [1.807, 2.05) is 74.5 Å². The van der Waals surface area contributed by atoms with Crippen molar-refractivity contribution in [3.63, 3.8) is 0 Å². The molecule has 1 amide bonds. The first kappa shape index (κ1) is 21.4. The summed E-state index contributed by atoms with van der Waals surface area (Å²) in [4.78, 5) is 17.3. The molecule has 0 aliphatic carbocycles. The number of hydrogen-bond acceptors (Lipinski definition) is 5. The van der Waals surface area contributed by atoms with Gasteiger partial charge in [0.15, 0.2) is 0 Å². The summed E-state index contributed by atoms with van der Waals surface area (Å²) in [5.74, 6) is 0.555. The zero-order valence-electron chi connectivity index (χ0n) is 17.8. The number of nitrogens with one attached hydrogen (secondary N) is 1. The van der Waals surface area contributed by atoms with Gasteiger partial charge >= 0.3 is 0 Å². The lowest BCUT2D eigenvalue weighted by Crippen LogP contribution is -2.14. The number of nitrogens with zero attached hydrogens (tertiary/aromatic N) is 2. The van der Waals surface area contributed by atoms with Crippen LogP contribution in [0.25, 0.3) is 22.6 Å². The van der Waals surface area contributed by atoms with Crippen LogP contribution < -0.4 is 5.32 Å². The van der Waals surface area contributed by atoms with E-state index >= 15 is 0 Å². The molecule has 0 bridgehead atoms. The standard InChI is InChI=1S/C26H21N3O2S/c1-17-8-10-19(11-9-17)23-14-21(24-7-4-12-31-24)22(15-27)26(29-23)32-16-25(30)28-20-6-3-5-18(2)13-20/h3-14H,16H2,1-2H3,(H,28,30). The molecule has 2 heterocycles. The molecule has 0 aliphatic rings. The average molecular weight is 440 g/mol. The highest BCUT2D eigenvalue weighted by Crippen LogP contribution is 2.34. The van der Waals surface area contributed by atoms with Crippen LogP contribution in [-0.2, 0) is 4.79 Å². The molecular formula is C26H21N3O2S. The SMILES string of the molecule is Cc1ccc(-c2cc(-c3ccco3)c(C#N)c(SCC(=O)Nc3cccc(C)c3)n2)cc1. The molecule has 0 radical (unpaired) electrons. The third-order valence-electron chi connectivity index (χ3n) is 4.87. The number of carbonyl (C=O) groups excluding carboxylic acids is 1. The second-order valence-electron chi connectivity index (χ2n) is 7.40. The molecule has 0 saturated carbocycles. The van der Waals surface area contributed by atoms with Crippen molar-refractivity contribution in [1.82, 2.24) is 4.98 Å². The number of rotatable bonds is 6. The monoisotopic (exact) mass is 439 g/mol. The fraction of sp³-hybridized carbons (Fsp3) is 0.115. The van der Waals surface area contributed by atoms with Crippen molar-refractivity contribution in [3.05, 3.63) is 89.7 Å². The zero-order valence-corrected chi connectivity index (χ0v) is 18.6. The van der Waals surface area contributed by atoms with Crippen LogP contribution >= 0.6 is 11.8 Å². The molecule has 4 aromatic rings. The van der Waals surface area contributed by atoms with Crippen LogP contribution in [0.2, 0.25) is 0 Å². The minimum Gasteiger partial charge on any atom is -0.464 e. The number of hydrogen-bond donors (Lipinski definition) is 1. The molecule has 0 atom stereocenters. The van der Waals surface area contributed by atoms with Gasteiger partial charge in [0.25, 0.3) is 0 Å². The summed E-state index contributed by atoms with van der Waals surface area (Å²) in [7, 11) is 0. The Balaban J connectivity index is 1.66. The maximum absolute atomic E-state index is 12.5. The predicted molar refractivity (Wildman–Crippen MR) is 127 cm³/mol. The van der Waals surface area contributed by atoms with E-state index in [4.69, 9.17) is 9.40 Å². The van der Waals surface area contributed by atoms with E-state index in [2.05, 4.69) is 11.4 Å². The molecule has 32 heavy (non-hydrogen) atoms. The number of furan rings is 1. The Morgan fingerprint density at radius 2 is 1.88 bits per heavy atom. The Kier molecular flexibility index (Phi) is 6.39. The van der Waals surface area contributed by atoms with Crippen LogP contribution in [0, 0.1) is 25.2 Å². The van der Waals surface area contributed by atoms with Crippen molar-refractivity contribution in [2.24, 2.45) is 0 Å². The van der Waals surface area contributed by atoms with E-state index in [0.29, 0.717) is 21.9 Å². The lowest BCUT2D eigenvalue weighted by Gasteiger charge is -2.11. The Morgan fingerprint density at radius 1 is 1.06 bits per heavy atom. The number of benzene rings is 2. The maximum Gasteiger partial charge on any atom is 0.234 e. The number of aromatic nitrogens is 1. The number of carbonyl (C=O) groups is 1. The highest BCUT2D eigenvalue weighted by molar-refractivity contribution is 8.00. The van der Waals surface area contributed by atoms with Gasteiger partial charge in [0.2, 0.25) is 5.91 Å². The molecule has 158 valence electrons. The van der Waals surface area contributed by atoms with Crippen LogP contribution in [0.1, 0.15) is 16.7 Å². The Labute approximate surface area is 191 Å². The molecule has 0 fully saturated rings. The topological polar surface area (TPSA) is 78.9 Å². The molecule has 2 aromatic carbocycles. The van der Waals surface area contributed by atoms with Crippen molar-refractivity contribution >= 4 is 23.4 Å². The highest BCUT2D eigenvalue weighted by atomic mass is 32.2. The van der Waals surface area contributed by atoms with Gasteiger partial charge in [-0.15, -0.1) is 0 Å². The Hall–Kier alpha value is -3.82. The van der Waals surface area contributed by atoms with Crippen LogP contribution in [0.3, 0.4) is 0 Å². The van der Waals surface area contributed by atoms with Crippen LogP contribution in [0.15, 0.2) is 82.4 Å². The van der Waals surface area contributed by atoms with Gasteiger partial charge in [-0.25, -0.2) is 4.98 Å². The molecule has 5 nitrogen and oxygen atoms in total. The van der Waals surface area contributed by atoms with Crippen molar-refractivity contribution < 1.29 is 9.21 Å². The molecule has 2 aromatic heterocycles. The summed E-state index contributed by atoms with van der Waals surface area (Å²) < 4.78 is 5.58. The van der Waals surface area contributed by atoms with Gasteiger partial charge in [-0.2, -0.15) is 5.26 Å². The van der Waals surface area contributed by atoms with E-state index in [-0.39, 0.29) is 11.7 Å². The first-order valence-electron chi connectivity index (χ1n) is 10.1. The van der Waals surface area contributed by atoms with Crippen LogP contribution in [0.5, 0.6) is 0 Å². The number of nitriles is 1. The highest BCUT2D eigenvalue weighted by Gasteiger charge is 2.18. The van der Waals surface area contributed by atoms with E-state index in [1.165, 1.54) is 11.8 Å². The Morgan fingerprint density at radius 3 is 2.56 bits per heavy atom. The minimum absolute atomic E-state index is 0.130. The number of aryl methyl sites for hydroxylation is 2. The largest absolute Gasteiger partial charge is 0.464 e. The molecule has 1 N–H and O–H groups in total. The van der Waals surface area contributed by atoms with Gasteiger partial charge in [0.05, 0.1) is 23.3 Å². The normalized spacial score (nSPS) is 10.5. The minimum atomic E-state index is -0.161. The number of thioether (sulfide) groups is 1. The first-order valence-corrected chi connectivity index (χ1v) is 11.1. The third-order valence-corrected chi connectivity index (χ3v) is 5.85. The van der Waals surface area contributed by atoms with E-state index in [0.717, 1.165) is 28.1 Å². The van der Waals surface area contributed by atoms with Crippen LogP contribution in [0.4, 0.5) is 5.69 Å². The lowest BCUT2D eigenvalue weighted by molar-refractivity contribution is -0.113. The van der Waals surface area contributed by atoms with Crippen molar-refractivity contribution in [2.45, 2.75) is 18.9 Å². The van der Waals surface area contributed by atoms with Crippen LogP contribution in [-0.4, -0.2) is 16.6 Å². The summed E-state index contributed by atoms with van der Waals surface area (Å²) >= 11 is 1.24. The molecule has 0 saturated heterocycles. The van der Waals surface area contributed by atoms with Gasteiger partial charge in [0, 0.05) is 16.8 Å². The number of pyridine rings is 1. The maximum atomic E-state index is 12.5. The summed E-state index contributed by atoms with van der Waals surface area (Å²) in [6.45, 7) is 4.00. The lowest BCUT2D eigenvalue weighted by atomic mass is 10.0. The predicted octanol–water partition coefficient (Wildman–Crippen LogP) is 6.23. The molecular weight excluding hydrogens is 418 g/mol. The van der Waals surface area contributed by atoms with Gasteiger partial charge in [0.1, 0.15) is 16.9 Å². The molecule has 4 rings (SSSR count). The smallest absolute Gasteiger partial charge is 0.234 e. The van der Waals surface area contributed by atoms with Crippen molar-refractivity contribution in [1.29, 1.82) is 5.26 Å². The van der Waals surface area contributed by atoms with Gasteiger partial charge in [-0.05, 0) is 49.7 Å². The first-order chi connectivity index (χ1) is 15.5. The fourth-order valence-corrected chi connectivity index (χ4v) is 4.09. The molecule has 6 heteroatoms. The zero-order chi connectivity index (χ0) is 22.5. The molecule has 0 spiro atoms. The average Bonchev–Trinajstić information content (AvgIpc) is 3.32. The number of anilines is 1.